The van der Waals surface area contributed by atoms with Gasteiger partial charge in [0.05, 0.1) is 24.8 Å². The molecule has 0 unspecified atom stereocenters. The van der Waals surface area contributed by atoms with Crippen molar-refractivity contribution in [3.8, 4) is 11.5 Å². The highest BCUT2D eigenvalue weighted by atomic mass is 16.5. The standard InChI is InChI=1S/C29H32N4O5/c1-3-4-17-38-25-18-21(9-10-24(25)37-2)27(34)31-14-11-20(12-15-31)26-30-13-16-32(26)19-33-28(35)22-7-5-6-8-23(22)29(33)36/h5-10,13,16,18,20H,3-4,11-12,14-15,17,19H2,1-2H3. The van der Waals surface area contributed by atoms with E-state index in [0.29, 0.717) is 47.9 Å². The Morgan fingerprint density at radius 1 is 1.03 bits per heavy atom. The van der Waals surface area contributed by atoms with Gasteiger partial charge in [-0.1, -0.05) is 25.5 Å². The van der Waals surface area contributed by atoms with E-state index in [9.17, 15) is 14.4 Å². The van der Waals surface area contributed by atoms with Crippen molar-refractivity contribution in [2.45, 2.75) is 45.2 Å². The van der Waals surface area contributed by atoms with Gasteiger partial charge in [0.15, 0.2) is 11.5 Å². The first-order valence-electron chi connectivity index (χ1n) is 13.1. The van der Waals surface area contributed by atoms with Gasteiger partial charge in [0.1, 0.15) is 12.5 Å². The van der Waals surface area contributed by atoms with Crippen LogP contribution in [0, 0.1) is 0 Å². The van der Waals surface area contributed by atoms with Crippen LogP contribution in [0.4, 0.5) is 0 Å². The van der Waals surface area contributed by atoms with E-state index in [1.165, 1.54) is 4.90 Å². The van der Waals surface area contributed by atoms with Gasteiger partial charge < -0.3 is 18.9 Å². The summed E-state index contributed by atoms with van der Waals surface area (Å²) in [5, 5.41) is 0. The summed E-state index contributed by atoms with van der Waals surface area (Å²) >= 11 is 0. The van der Waals surface area contributed by atoms with Gasteiger partial charge in [-0.05, 0) is 49.6 Å². The third-order valence-corrected chi connectivity index (χ3v) is 7.23. The highest BCUT2D eigenvalue weighted by Gasteiger charge is 2.36. The first-order valence-corrected chi connectivity index (χ1v) is 13.1. The van der Waals surface area contributed by atoms with Crippen molar-refractivity contribution in [1.29, 1.82) is 0 Å². The molecule has 0 bridgehead atoms. The Labute approximate surface area is 222 Å². The average Bonchev–Trinajstić information content (AvgIpc) is 3.52. The van der Waals surface area contributed by atoms with E-state index in [0.717, 1.165) is 31.5 Å². The van der Waals surface area contributed by atoms with E-state index in [1.54, 1.807) is 62.0 Å². The summed E-state index contributed by atoms with van der Waals surface area (Å²) in [5.74, 6) is 1.52. The first kappa shape index (κ1) is 25.5. The highest BCUT2D eigenvalue weighted by Crippen LogP contribution is 2.32. The molecule has 2 aliphatic rings. The van der Waals surface area contributed by atoms with E-state index < -0.39 is 0 Å². The van der Waals surface area contributed by atoms with Crippen molar-refractivity contribution in [3.05, 3.63) is 77.4 Å². The molecule has 0 atom stereocenters. The number of ether oxygens (including phenoxy) is 2. The number of imide groups is 1. The molecule has 1 fully saturated rings. The first-order chi connectivity index (χ1) is 18.5. The van der Waals surface area contributed by atoms with E-state index in [2.05, 4.69) is 11.9 Å². The normalized spacial score (nSPS) is 15.6. The fourth-order valence-corrected chi connectivity index (χ4v) is 5.09. The van der Waals surface area contributed by atoms with Gasteiger partial charge in [0.25, 0.3) is 17.7 Å². The molecule has 3 amide bonds. The molecule has 2 aromatic carbocycles. The minimum Gasteiger partial charge on any atom is -0.493 e. The molecule has 3 aromatic rings. The van der Waals surface area contributed by atoms with E-state index in [1.807, 2.05) is 9.47 Å². The number of likely N-dealkylation sites (tertiary alicyclic amines) is 1. The lowest BCUT2D eigenvalue weighted by molar-refractivity contribution is 0.0597. The largest absolute Gasteiger partial charge is 0.493 e. The lowest BCUT2D eigenvalue weighted by Gasteiger charge is -2.32. The van der Waals surface area contributed by atoms with Crippen LogP contribution in [0.15, 0.2) is 54.9 Å². The zero-order valence-corrected chi connectivity index (χ0v) is 21.8. The number of methoxy groups -OCH3 is 1. The molecule has 1 aromatic heterocycles. The molecule has 38 heavy (non-hydrogen) atoms. The monoisotopic (exact) mass is 516 g/mol. The maximum Gasteiger partial charge on any atom is 0.263 e. The number of unbranched alkanes of at least 4 members (excludes halogenated alkanes) is 1. The third kappa shape index (κ3) is 4.88. The van der Waals surface area contributed by atoms with Gasteiger partial charge in [-0.25, -0.2) is 4.98 Å². The van der Waals surface area contributed by atoms with Crippen molar-refractivity contribution in [2.75, 3.05) is 26.8 Å². The Kier molecular flexibility index (Phi) is 7.44. The quantitative estimate of drug-likeness (QED) is 0.310. The van der Waals surface area contributed by atoms with Gasteiger partial charge >= 0.3 is 0 Å². The molecule has 3 heterocycles. The minimum absolute atomic E-state index is 0.0409. The highest BCUT2D eigenvalue weighted by molar-refractivity contribution is 6.21. The molecule has 9 nitrogen and oxygen atoms in total. The SMILES string of the molecule is CCCCOc1cc(C(=O)N2CCC(c3nccn3CN3C(=O)c4ccccc4C3=O)CC2)ccc1OC. The molecule has 0 radical (unpaired) electrons. The van der Waals surface area contributed by atoms with Crippen molar-refractivity contribution in [3.63, 3.8) is 0 Å². The van der Waals surface area contributed by atoms with Crippen LogP contribution in [0.5, 0.6) is 11.5 Å². The predicted molar refractivity (Wildman–Crippen MR) is 140 cm³/mol. The number of imidazole rings is 1. The van der Waals surface area contributed by atoms with Gasteiger partial charge in [-0.15, -0.1) is 0 Å². The predicted octanol–water partition coefficient (Wildman–Crippen LogP) is 4.34. The Balaban J connectivity index is 1.23. The van der Waals surface area contributed by atoms with Crippen molar-refractivity contribution in [2.24, 2.45) is 0 Å². The second-order valence-electron chi connectivity index (χ2n) is 9.61. The number of hydrogen-bond acceptors (Lipinski definition) is 6. The lowest BCUT2D eigenvalue weighted by atomic mass is 9.95. The van der Waals surface area contributed by atoms with Crippen molar-refractivity contribution < 1.29 is 23.9 Å². The number of carbonyl (C=O) groups is 3. The molecule has 1 saturated heterocycles. The fraction of sp³-hybridized carbons (Fsp3) is 0.379. The van der Waals surface area contributed by atoms with Crippen molar-refractivity contribution in [1.82, 2.24) is 19.4 Å². The molecule has 0 saturated carbocycles. The summed E-state index contributed by atoms with van der Waals surface area (Å²) in [6.45, 7) is 3.96. The molecule has 0 aliphatic carbocycles. The molecule has 9 heteroatoms. The van der Waals surface area contributed by atoms with E-state index >= 15 is 0 Å². The maximum atomic E-state index is 13.3. The fourth-order valence-electron chi connectivity index (χ4n) is 5.09. The van der Waals surface area contributed by atoms with Crippen LogP contribution >= 0.6 is 0 Å². The second kappa shape index (κ2) is 11.1. The van der Waals surface area contributed by atoms with Crippen LogP contribution in [0.2, 0.25) is 0 Å². The van der Waals surface area contributed by atoms with Crippen LogP contribution < -0.4 is 9.47 Å². The van der Waals surface area contributed by atoms with Gasteiger partial charge in [-0.2, -0.15) is 0 Å². The minimum atomic E-state index is -0.289. The molecular weight excluding hydrogens is 484 g/mol. The van der Waals surface area contributed by atoms with Crippen LogP contribution in [0.25, 0.3) is 0 Å². The Morgan fingerprint density at radius 2 is 1.74 bits per heavy atom. The summed E-state index contributed by atoms with van der Waals surface area (Å²) in [4.78, 5) is 46.6. The molecule has 2 aliphatic heterocycles. The molecule has 0 N–H and O–H groups in total. The summed E-state index contributed by atoms with van der Waals surface area (Å²) in [7, 11) is 1.59. The van der Waals surface area contributed by atoms with E-state index in [4.69, 9.17) is 9.47 Å². The summed E-state index contributed by atoms with van der Waals surface area (Å²) in [6, 6.07) is 12.2. The summed E-state index contributed by atoms with van der Waals surface area (Å²) in [5.41, 5.74) is 1.44. The summed E-state index contributed by atoms with van der Waals surface area (Å²) in [6.07, 6.45) is 6.92. The number of nitrogens with zero attached hydrogens (tertiary/aromatic N) is 4. The number of carbonyl (C=O) groups excluding carboxylic acids is 3. The molecule has 198 valence electrons. The van der Waals surface area contributed by atoms with Gasteiger partial charge in [0.2, 0.25) is 0 Å². The number of piperidine rings is 1. The van der Waals surface area contributed by atoms with Gasteiger partial charge in [-0.3, -0.25) is 19.3 Å². The number of benzene rings is 2. The van der Waals surface area contributed by atoms with Crippen LogP contribution in [-0.4, -0.2) is 63.9 Å². The Morgan fingerprint density at radius 3 is 2.39 bits per heavy atom. The smallest absolute Gasteiger partial charge is 0.263 e. The Hall–Kier alpha value is -4.14. The number of fused-ring (bicyclic) bond motifs is 1. The third-order valence-electron chi connectivity index (χ3n) is 7.23. The number of aromatic nitrogens is 2. The lowest BCUT2D eigenvalue weighted by Crippen LogP contribution is -2.39. The van der Waals surface area contributed by atoms with Crippen LogP contribution in [0.3, 0.4) is 0 Å². The zero-order valence-electron chi connectivity index (χ0n) is 21.8. The average molecular weight is 517 g/mol. The summed E-state index contributed by atoms with van der Waals surface area (Å²) < 4.78 is 13.1. The van der Waals surface area contributed by atoms with Gasteiger partial charge in [0, 0.05) is 37.0 Å². The van der Waals surface area contributed by atoms with E-state index in [-0.39, 0.29) is 30.3 Å². The Bertz CT molecular complexity index is 1310. The number of hydrogen-bond donors (Lipinski definition) is 0. The topological polar surface area (TPSA) is 94.0 Å². The zero-order chi connectivity index (χ0) is 26.6. The van der Waals surface area contributed by atoms with Crippen molar-refractivity contribution >= 4 is 17.7 Å². The number of rotatable bonds is 9. The van der Waals surface area contributed by atoms with Crippen LogP contribution in [0.1, 0.15) is 75.4 Å². The molecule has 5 rings (SSSR count). The second-order valence-corrected chi connectivity index (χ2v) is 9.61. The molecule has 0 spiro atoms. The maximum absolute atomic E-state index is 13.3. The van der Waals surface area contributed by atoms with Crippen LogP contribution in [-0.2, 0) is 6.67 Å². The number of amides is 3. The molecular formula is C29H32N4O5.